The van der Waals surface area contributed by atoms with E-state index in [-0.39, 0.29) is 12.3 Å². The van der Waals surface area contributed by atoms with Gasteiger partial charge in [-0.05, 0) is 19.3 Å². The standard InChI is InChI=1S/C77H139N3O29/c1-5-7-9-11-13-15-17-19-20-21-22-23-24-25-26-27-29-31-33-35-37-39-41-59(91)80-51(52(87)40-38-36-34-32-30-28-18-16-14-12-10-8-6-2)48-102-72-66(96)65(95)68(58(47-84)104-72)105-73-67(97)71(63(93)56(45-82)103-73)109-77(75(100)101)43-54(89)61(79-50(4)86)70(108-77)64(94)57(46-83)106-76(74(98)99)42-53(88)60(78-49(3)85)69(107-76)62(92)55(90)44-81/h38,40,51-58,60-73,81-84,87-90,92-97H,5-37,39,41-48H2,1-4H3,(H,78,85)(H,79,86)(H,80,91)(H,98,99)(H,100,101). The number of unbranched alkanes of at least 4 members (excludes halogenated alkanes) is 32. The Kier molecular flexibility index (Phi) is 47.8. The number of hydrogen-bond acceptors (Lipinski definition) is 27. The Morgan fingerprint density at radius 2 is 0.917 bits per heavy atom. The monoisotopic (exact) mass is 1570 g/mol. The second-order valence-corrected chi connectivity index (χ2v) is 30.4. The summed E-state index contributed by atoms with van der Waals surface area (Å²) in [5.41, 5.74) is 0. The molecule has 0 aromatic rings. The average molecular weight is 1570 g/mol. The summed E-state index contributed by atoms with van der Waals surface area (Å²) in [4.78, 5) is 65.1. The fourth-order valence-electron chi connectivity index (χ4n) is 14.8. The van der Waals surface area contributed by atoms with Gasteiger partial charge in [0, 0.05) is 33.1 Å². The Morgan fingerprint density at radius 1 is 0.495 bits per heavy atom. The van der Waals surface area contributed by atoms with Gasteiger partial charge in [0.15, 0.2) is 12.6 Å². The summed E-state index contributed by atoms with van der Waals surface area (Å²) in [7, 11) is 0. The molecule has 109 heavy (non-hydrogen) atoms. The molecule has 636 valence electrons. The Labute approximate surface area is 643 Å². The normalized spacial score (nSPS) is 30.5. The van der Waals surface area contributed by atoms with Gasteiger partial charge in [0.2, 0.25) is 17.7 Å². The summed E-state index contributed by atoms with van der Waals surface area (Å²) in [6.45, 7) is 1.14. The molecule has 0 aliphatic carbocycles. The topological polar surface area (TPSA) is 519 Å². The number of aliphatic hydroxyl groups excluding tert-OH is 14. The van der Waals surface area contributed by atoms with E-state index in [0.717, 1.165) is 65.2 Å². The second kappa shape index (κ2) is 53.4. The Morgan fingerprint density at radius 3 is 1.35 bits per heavy atom. The molecular formula is C77H139N3O29. The highest BCUT2D eigenvalue weighted by Gasteiger charge is 2.62. The van der Waals surface area contributed by atoms with Crippen LogP contribution >= 0.6 is 0 Å². The van der Waals surface area contributed by atoms with Crippen molar-refractivity contribution in [1.82, 2.24) is 16.0 Å². The van der Waals surface area contributed by atoms with Crippen molar-refractivity contribution < 1.29 is 144 Å². The predicted octanol–water partition coefficient (Wildman–Crippen LogP) is 3.07. The number of carboxylic acids is 2. The van der Waals surface area contributed by atoms with Crippen molar-refractivity contribution in [3.63, 3.8) is 0 Å². The molecule has 4 aliphatic rings. The Balaban J connectivity index is 1.43. The highest BCUT2D eigenvalue weighted by molar-refractivity contribution is 5.78. The van der Waals surface area contributed by atoms with Crippen LogP contribution in [0.5, 0.6) is 0 Å². The zero-order valence-corrected chi connectivity index (χ0v) is 65.0. The average Bonchev–Trinajstić information content (AvgIpc) is 0.754. The van der Waals surface area contributed by atoms with Crippen LogP contribution in [0.2, 0.25) is 0 Å². The molecule has 0 aromatic carbocycles. The SMILES string of the molecule is CCCCCCCCCCCCCC=CC(O)C(COC1OC(CO)C(OC2OC(CO)C(O)C(OC3(C(=O)O)CC(O)C(NC(C)=O)C(C(O)C(CO)OC4(C(=O)O)CC(O)C(NC(C)=O)C(C(O)C(O)CO)O4)O3)C2O)C(O)C1O)NC(=O)CCCCCCCCCCCCCCCCCCCCCCCC. The molecule has 32 heteroatoms. The first-order valence-electron chi connectivity index (χ1n) is 40.7. The molecule has 24 unspecified atom stereocenters. The Bertz CT molecular complexity index is 2530. The van der Waals surface area contributed by atoms with Crippen LogP contribution < -0.4 is 16.0 Å². The van der Waals surface area contributed by atoms with Gasteiger partial charge in [-0.25, -0.2) is 9.59 Å². The molecule has 4 heterocycles. The van der Waals surface area contributed by atoms with Crippen LogP contribution in [0.25, 0.3) is 0 Å². The molecule has 4 saturated heterocycles. The minimum Gasteiger partial charge on any atom is -0.477 e. The van der Waals surface area contributed by atoms with E-state index in [4.69, 9.17) is 37.9 Å². The fourth-order valence-corrected chi connectivity index (χ4v) is 14.8. The third-order valence-corrected chi connectivity index (χ3v) is 21.2. The number of carboxylic acid groups (broad SMARTS) is 2. The van der Waals surface area contributed by atoms with Crippen molar-refractivity contribution in [1.29, 1.82) is 0 Å². The summed E-state index contributed by atoms with van der Waals surface area (Å²) in [6.07, 6.45) is 1.39. The third-order valence-electron chi connectivity index (χ3n) is 21.2. The van der Waals surface area contributed by atoms with E-state index < -0.39 is 216 Å². The van der Waals surface area contributed by atoms with Gasteiger partial charge < -0.3 is 136 Å². The molecule has 4 rings (SSSR count). The molecule has 19 N–H and O–H groups in total. The maximum Gasteiger partial charge on any atom is 0.364 e. The van der Waals surface area contributed by atoms with E-state index >= 15 is 0 Å². The lowest BCUT2D eigenvalue weighted by Gasteiger charge is -2.51. The van der Waals surface area contributed by atoms with Crippen LogP contribution in [0.1, 0.15) is 265 Å². The lowest BCUT2D eigenvalue weighted by atomic mass is 9.87. The molecular weight excluding hydrogens is 1430 g/mol. The zero-order chi connectivity index (χ0) is 80.5. The molecule has 0 aromatic heterocycles. The molecule has 3 amide bonds. The maximum atomic E-state index is 13.6. The molecule has 24 atom stereocenters. The van der Waals surface area contributed by atoms with Gasteiger partial charge in [-0.1, -0.05) is 225 Å². The van der Waals surface area contributed by atoms with Crippen molar-refractivity contribution in [3.05, 3.63) is 12.2 Å². The fraction of sp³-hybridized carbons (Fsp3) is 0.909. The minimum absolute atomic E-state index is 0.156. The number of carbonyl (C=O) groups excluding carboxylic acids is 3. The molecule has 32 nitrogen and oxygen atoms in total. The van der Waals surface area contributed by atoms with Gasteiger partial charge in [0.05, 0.1) is 69.5 Å². The largest absolute Gasteiger partial charge is 0.477 e. The minimum atomic E-state index is -3.39. The zero-order valence-electron chi connectivity index (χ0n) is 65.0. The van der Waals surface area contributed by atoms with Crippen molar-refractivity contribution >= 4 is 29.7 Å². The van der Waals surface area contributed by atoms with Gasteiger partial charge in [0.1, 0.15) is 85.5 Å². The lowest BCUT2D eigenvalue weighted by Crippen LogP contribution is -2.72. The number of aliphatic carboxylic acids is 2. The van der Waals surface area contributed by atoms with E-state index in [9.17, 15) is 106 Å². The van der Waals surface area contributed by atoms with Crippen molar-refractivity contribution in [2.24, 2.45) is 0 Å². The number of ether oxygens (including phenoxy) is 8. The first-order chi connectivity index (χ1) is 52.2. The van der Waals surface area contributed by atoms with Gasteiger partial charge in [0.25, 0.3) is 11.6 Å². The molecule has 4 fully saturated rings. The highest BCUT2D eigenvalue weighted by Crippen LogP contribution is 2.41. The maximum absolute atomic E-state index is 13.6. The molecule has 0 saturated carbocycles. The van der Waals surface area contributed by atoms with E-state index in [0.29, 0.717) is 12.8 Å². The van der Waals surface area contributed by atoms with Gasteiger partial charge in [-0.2, -0.15) is 0 Å². The summed E-state index contributed by atoms with van der Waals surface area (Å²) in [6, 6.07) is -4.73. The number of allylic oxidation sites excluding steroid dienone is 1. The van der Waals surface area contributed by atoms with E-state index in [1.165, 1.54) is 154 Å². The van der Waals surface area contributed by atoms with Crippen LogP contribution in [-0.2, 0) is 61.9 Å². The van der Waals surface area contributed by atoms with Crippen LogP contribution in [0, 0.1) is 0 Å². The van der Waals surface area contributed by atoms with E-state index in [2.05, 4.69) is 29.8 Å². The molecule has 4 aliphatic heterocycles. The first kappa shape index (κ1) is 97.6. The summed E-state index contributed by atoms with van der Waals surface area (Å²) in [5.74, 6) is -13.1. The van der Waals surface area contributed by atoms with Crippen molar-refractivity contribution in [3.8, 4) is 0 Å². The van der Waals surface area contributed by atoms with Gasteiger partial charge >= 0.3 is 11.9 Å². The molecule has 0 radical (unpaired) electrons. The smallest absolute Gasteiger partial charge is 0.364 e. The number of carbonyl (C=O) groups is 5. The first-order valence-corrected chi connectivity index (χ1v) is 40.7. The van der Waals surface area contributed by atoms with Gasteiger partial charge in [-0.15, -0.1) is 0 Å². The van der Waals surface area contributed by atoms with Crippen LogP contribution in [-0.4, -0.2) is 290 Å². The summed E-state index contributed by atoms with van der Waals surface area (Å²) in [5, 5.41) is 185. The van der Waals surface area contributed by atoms with Crippen LogP contribution in [0.15, 0.2) is 12.2 Å². The molecule has 0 spiro atoms. The number of hydrogen-bond donors (Lipinski definition) is 19. The Hall–Kier alpha value is -3.79. The van der Waals surface area contributed by atoms with Crippen LogP contribution in [0.4, 0.5) is 0 Å². The van der Waals surface area contributed by atoms with E-state index in [1.54, 1.807) is 6.08 Å². The van der Waals surface area contributed by atoms with Crippen molar-refractivity contribution in [2.45, 2.75) is 411 Å². The number of nitrogens with one attached hydrogen (secondary N) is 3. The lowest BCUT2D eigenvalue weighted by molar-refractivity contribution is -0.388. The second-order valence-electron chi connectivity index (χ2n) is 30.4. The number of rotatable bonds is 59. The number of aliphatic hydroxyl groups is 14. The summed E-state index contributed by atoms with van der Waals surface area (Å²) >= 11 is 0. The highest BCUT2D eigenvalue weighted by atomic mass is 16.8. The quantitative estimate of drug-likeness (QED) is 0.0307. The predicted molar refractivity (Wildman–Crippen MR) is 395 cm³/mol. The van der Waals surface area contributed by atoms with Crippen LogP contribution in [0.3, 0.4) is 0 Å². The van der Waals surface area contributed by atoms with Crippen molar-refractivity contribution in [2.75, 3.05) is 33.0 Å². The molecule has 0 bridgehead atoms. The number of amides is 3. The van der Waals surface area contributed by atoms with Gasteiger partial charge in [-0.3, -0.25) is 14.4 Å². The summed E-state index contributed by atoms with van der Waals surface area (Å²) < 4.78 is 46.6. The van der Waals surface area contributed by atoms with E-state index in [1.807, 2.05) is 6.08 Å². The third kappa shape index (κ3) is 32.8.